The van der Waals surface area contributed by atoms with E-state index in [1.54, 1.807) is 4.90 Å². The molecular weight excluding hydrogens is 514 g/mol. The number of rotatable bonds is 4. The van der Waals surface area contributed by atoms with Gasteiger partial charge in [0, 0.05) is 29.0 Å². The van der Waals surface area contributed by atoms with E-state index in [4.69, 9.17) is 9.72 Å². The van der Waals surface area contributed by atoms with Crippen molar-refractivity contribution in [1.82, 2.24) is 35.0 Å². The molecule has 1 atom stereocenters. The summed E-state index contributed by atoms with van der Waals surface area (Å²) in [6, 6.07) is 14.3. The van der Waals surface area contributed by atoms with Gasteiger partial charge < -0.3 is 14.7 Å². The van der Waals surface area contributed by atoms with Crippen molar-refractivity contribution in [1.29, 1.82) is 0 Å². The van der Waals surface area contributed by atoms with Crippen LogP contribution in [0.2, 0.25) is 0 Å². The number of carbonyl (C=O) groups is 1. The zero-order valence-corrected chi connectivity index (χ0v) is 23.8. The molecule has 1 saturated carbocycles. The van der Waals surface area contributed by atoms with E-state index < -0.39 is 5.60 Å². The number of ether oxygens (including phenoxy) is 1. The van der Waals surface area contributed by atoms with E-state index >= 15 is 0 Å². The van der Waals surface area contributed by atoms with E-state index in [0.29, 0.717) is 12.5 Å². The number of likely N-dealkylation sites (tertiary alicyclic amines) is 1. The first-order chi connectivity index (χ1) is 19.8. The van der Waals surface area contributed by atoms with Crippen LogP contribution in [0.15, 0.2) is 48.7 Å². The minimum Gasteiger partial charge on any atom is -0.444 e. The molecular formula is C32H35N7O2. The standard InChI is InChI=1S/C32H35N7O2/c1-32(2,3)41-31(40)39-14-6-9-28(39)30-34-23-13-12-21(17-26(23)35-30)24-15-20-10-11-22(16-25(20)38-37-24)27-18-33-29(36-27)19-7-4-5-8-19/h10-13,15-19,28H,4-9,14H2,1-3H3,(H,33,36)(H,34,35)/t28-/m0/s1. The Kier molecular flexibility index (Phi) is 6.25. The van der Waals surface area contributed by atoms with Crippen LogP contribution >= 0.6 is 0 Å². The van der Waals surface area contributed by atoms with Crippen molar-refractivity contribution in [3.63, 3.8) is 0 Å². The van der Waals surface area contributed by atoms with Crippen LogP contribution in [0.1, 0.15) is 82.9 Å². The van der Waals surface area contributed by atoms with Gasteiger partial charge in [-0.15, -0.1) is 10.2 Å². The fourth-order valence-corrected chi connectivity index (χ4v) is 6.17. The molecule has 1 saturated heterocycles. The third-order valence-corrected chi connectivity index (χ3v) is 8.23. The molecule has 2 aliphatic rings. The Labute approximate surface area is 238 Å². The third-order valence-electron chi connectivity index (χ3n) is 8.23. The Morgan fingerprint density at radius 3 is 2.56 bits per heavy atom. The first kappa shape index (κ1) is 25.7. The second-order valence-electron chi connectivity index (χ2n) is 12.4. The van der Waals surface area contributed by atoms with Gasteiger partial charge in [-0.2, -0.15) is 0 Å². The van der Waals surface area contributed by atoms with Gasteiger partial charge in [-0.25, -0.2) is 14.8 Å². The maximum Gasteiger partial charge on any atom is 0.410 e. The molecule has 0 bridgehead atoms. The maximum atomic E-state index is 12.8. The fourth-order valence-electron chi connectivity index (χ4n) is 6.17. The average molecular weight is 550 g/mol. The molecule has 5 aromatic rings. The van der Waals surface area contributed by atoms with Crippen LogP contribution in [0.25, 0.3) is 44.5 Å². The second kappa shape index (κ2) is 9.98. The van der Waals surface area contributed by atoms with Gasteiger partial charge in [-0.05, 0) is 70.7 Å². The number of hydrogen-bond acceptors (Lipinski definition) is 6. The number of carbonyl (C=O) groups excluding carboxylic acids is 1. The Morgan fingerprint density at radius 1 is 0.902 bits per heavy atom. The lowest BCUT2D eigenvalue weighted by Gasteiger charge is -2.27. The Bertz CT molecular complexity index is 1740. The Morgan fingerprint density at radius 2 is 1.73 bits per heavy atom. The minimum atomic E-state index is -0.535. The molecule has 9 nitrogen and oxygen atoms in total. The van der Waals surface area contributed by atoms with Crippen molar-refractivity contribution in [2.24, 2.45) is 0 Å². The molecule has 2 fully saturated rings. The number of nitrogens with zero attached hydrogens (tertiary/aromatic N) is 5. The molecule has 4 heterocycles. The molecule has 1 aliphatic heterocycles. The first-order valence-corrected chi connectivity index (χ1v) is 14.6. The van der Waals surface area contributed by atoms with Gasteiger partial charge in [0.25, 0.3) is 0 Å². The highest BCUT2D eigenvalue weighted by molar-refractivity contribution is 5.87. The van der Waals surface area contributed by atoms with E-state index in [1.165, 1.54) is 25.7 Å². The molecule has 3 aromatic heterocycles. The SMILES string of the molecule is CC(C)(C)OC(=O)N1CCC[C@H]1c1nc2ccc(-c3cc4ccc(-c5cnc(C6CCCC6)[nH]5)cc4nn3)cc2[nH]1. The summed E-state index contributed by atoms with van der Waals surface area (Å²) >= 11 is 0. The topological polar surface area (TPSA) is 113 Å². The molecule has 0 spiro atoms. The van der Waals surface area contributed by atoms with Gasteiger partial charge in [-0.1, -0.05) is 31.0 Å². The van der Waals surface area contributed by atoms with E-state index in [0.717, 1.165) is 68.9 Å². The van der Waals surface area contributed by atoms with Gasteiger partial charge in [0.15, 0.2) is 0 Å². The predicted octanol–water partition coefficient (Wildman–Crippen LogP) is 7.29. The fraction of sp³-hybridized carbons (Fsp3) is 0.406. The summed E-state index contributed by atoms with van der Waals surface area (Å²) in [6.07, 6.45) is 8.42. The highest BCUT2D eigenvalue weighted by Crippen LogP contribution is 2.35. The van der Waals surface area contributed by atoms with Crippen LogP contribution in [0.4, 0.5) is 4.79 Å². The van der Waals surface area contributed by atoms with E-state index in [-0.39, 0.29) is 12.1 Å². The molecule has 41 heavy (non-hydrogen) atoms. The van der Waals surface area contributed by atoms with Crippen molar-refractivity contribution in [3.8, 4) is 22.5 Å². The van der Waals surface area contributed by atoms with Crippen molar-refractivity contribution >= 4 is 28.0 Å². The summed E-state index contributed by atoms with van der Waals surface area (Å²) in [5.74, 6) is 2.44. The molecule has 1 amide bonds. The van der Waals surface area contributed by atoms with Gasteiger partial charge >= 0.3 is 6.09 Å². The van der Waals surface area contributed by atoms with Gasteiger partial charge in [-0.3, -0.25) is 4.90 Å². The van der Waals surface area contributed by atoms with Crippen LogP contribution in [-0.4, -0.2) is 53.3 Å². The summed E-state index contributed by atoms with van der Waals surface area (Å²) in [7, 11) is 0. The lowest BCUT2D eigenvalue weighted by atomic mass is 10.1. The summed E-state index contributed by atoms with van der Waals surface area (Å²) in [5, 5.41) is 10.2. The summed E-state index contributed by atoms with van der Waals surface area (Å²) in [4.78, 5) is 31.1. The van der Waals surface area contributed by atoms with Crippen LogP contribution in [0.3, 0.4) is 0 Å². The molecule has 7 rings (SSSR count). The van der Waals surface area contributed by atoms with Gasteiger partial charge in [0.1, 0.15) is 17.2 Å². The number of imidazole rings is 2. The number of aromatic nitrogens is 6. The van der Waals surface area contributed by atoms with Crippen molar-refractivity contribution in [3.05, 3.63) is 60.3 Å². The van der Waals surface area contributed by atoms with E-state index in [9.17, 15) is 4.79 Å². The van der Waals surface area contributed by atoms with Crippen molar-refractivity contribution < 1.29 is 9.53 Å². The summed E-state index contributed by atoms with van der Waals surface area (Å²) in [5.41, 5.74) is 5.91. The van der Waals surface area contributed by atoms with Crippen LogP contribution in [0, 0.1) is 0 Å². The zero-order valence-electron chi connectivity index (χ0n) is 23.8. The highest BCUT2D eigenvalue weighted by Gasteiger charge is 2.35. The monoisotopic (exact) mass is 549 g/mol. The van der Waals surface area contributed by atoms with Crippen LogP contribution in [-0.2, 0) is 4.74 Å². The Hall–Kier alpha value is -4.27. The average Bonchev–Trinajstić information content (AvgIpc) is 3.77. The Balaban J connectivity index is 1.13. The molecule has 2 aromatic carbocycles. The van der Waals surface area contributed by atoms with E-state index in [2.05, 4.69) is 55.5 Å². The number of benzene rings is 2. The first-order valence-electron chi connectivity index (χ1n) is 14.6. The lowest BCUT2D eigenvalue weighted by Crippen LogP contribution is -2.36. The molecule has 0 unspecified atom stereocenters. The summed E-state index contributed by atoms with van der Waals surface area (Å²) in [6.45, 7) is 6.33. The largest absolute Gasteiger partial charge is 0.444 e. The minimum absolute atomic E-state index is 0.125. The molecule has 1 aliphatic carbocycles. The number of H-pyrrole nitrogens is 2. The second-order valence-corrected chi connectivity index (χ2v) is 12.4. The smallest absolute Gasteiger partial charge is 0.410 e. The number of amides is 1. The molecule has 9 heteroatoms. The molecule has 210 valence electrons. The predicted molar refractivity (Wildman–Crippen MR) is 158 cm³/mol. The maximum absolute atomic E-state index is 12.8. The number of fused-ring (bicyclic) bond motifs is 2. The highest BCUT2D eigenvalue weighted by atomic mass is 16.6. The van der Waals surface area contributed by atoms with Crippen molar-refractivity contribution in [2.45, 2.75) is 76.9 Å². The van der Waals surface area contributed by atoms with Crippen molar-refractivity contribution in [2.75, 3.05) is 6.54 Å². The zero-order chi connectivity index (χ0) is 28.1. The number of nitrogens with one attached hydrogen (secondary N) is 2. The number of hydrogen-bond donors (Lipinski definition) is 2. The molecule has 2 N–H and O–H groups in total. The lowest BCUT2D eigenvalue weighted by molar-refractivity contribution is 0.0219. The summed E-state index contributed by atoms with van der Waals surface area (Å²) < 4.78 is 5.64. The van der Waals surface area contributed by atoms with Gasteiger partial charge in [0.2, 0.25) is 0 Å². The number of aromatic amines is 2. The van der Waals surface area contributed by atoms with Crippen LogP contribution in [0.5, 0.6) is 0 Å². The quantitative estimate of drug-likeness (QED) is 0.243. The van der Waals surface area contributed by atoms with E-state index in [1.807, 2.05) is 39.1 Å². The van der Waals surface area contributed by atoms with Gasteiger partial charge in [0.05, 0.1) is 40.2 Å². The van der Waals surface area contributed by atoms with Crippen LogP contribution < -0.4 is 0 Å². The third kappa shape index (κ3) is 5.05. The normalized spacial score (nSPS) is 18.1. The molecule has 0 radical (unpaired) electrons.